The van der Waals surface area contributed by atoms with Gasteiger partial charge in [-0.2, -0.15) is 0 Å². The Labute approximate surface area is 185 Å². The summed E-state index contributed by atoms with van der Waals surface area (Å²) in [4.78, 5) is 0. The molecule has 28 heavy (non-hydrogen) atoms. The maximum absolute atomic E-state index is 3.66. The topological polar surface area (TPSA) is 0 Å². The summed E-state index contributed by atoms with van der Waals surface area (Å²) in [7, 11) is 0. The average molecular weight is 452 g/mol. The molecular formula is C27H47Br. The Bertz CT molecular complexity index is 491. The van der Waals surface area contributed by atoms with Crippen molar-refractivity contribution in [2.24, 2.45) is 0 Å². The van der Waals surface area contributed by atoms with Crippen LogP contribution >= 0.6 is 15.9 Å². The van der Waals surface area contributed by atoms with Crippen LogP contribution in [0.2, 0.25) is 0 Å². The lowest BCUT2D eigenvalue weighted by atomic mass is 9.94. The molecule has 0 saturated heterocycles. The second kappa shape index (κ2) is 17.5. The second-order valence-corrected chi connectivity index (χ2v) is 9.39. The van der Waals surface area contributed by atoms with Crippen molar-refractivity contribution in [2.45, 2.75) is 135 Å². The number of hydrogen-bond donors (Lipinski definition) is 0. The monoisotopic (exact) mass is 450 g/mol. The minimum absolute atomic E-state index is 0.988. The third kappa shape index (κ3) is 11.6. The highest BCUT2D eigenvalue weighted by Gasteiger charge is 2.07. The van der Waals surface area contributed by atoms with E-state index in [0.29, 0.717) is 0 Å². The Kier molecular flexibility index (Phi) is 16.1. The predicted molar refractivity (Wildman–Crippen MR) is 132 cm³/mol. The van der Waals surface area contributed by atoms with E-state index in [2.05, 4.69) is 48.8 Å². The minimum atomic E-state index is 0.988. The zero-order chi connectivity index (χ0) is 20.5. The van der Waals surface area contributed by atoms with Crippen LogP contribution in [0, 0.1) is 13.8 Å². The summed E-state index contributed by atoms with van der Waals surface area (Å²) in [5, 5.41) is 0.988. The van der Waals surface area contributed by atoms with Crippen molar-refractivity contribution >= 4 is 15.9 Å². The lowest BCUT2D eigenvalue weighted by Crippen LogP contribution is -1.98. The summed E-state index contributed by atoms with van der Waals surface area (Å²) >= 11 is 3.66. The Hall–Kier alpha value is -0.300. The molecule has 162 valence electrons. The third-order valence-electron chi connectivity index (χ3n) is 6.39. The molecule has 1 rings (SSSR count). The van der Waals surface area contributed by atoms with Gasteiger partial charge < -0.3 is 0 Å². The van der Waals surface area contributed by atoms with E-state index >= 15 is 0 Å². The van der Waals surface area contributed by atoms with Gasteiger partial charge in [0.1, 0.15) is 0 Å². The number of aryl methyl sites for hydroxylation is 1. The quantitative estimate of drug-likeness (QED) is 0.154. The molecule has 1 aromatic carbocycles. The summed E-state index contributed by atoms with van der Waals surface area (Å²) < 4.78 is 0. The zero-order valence-electron chi connectivity index (χ0n) is 19.3. The van der Waals surface area contributed by atoms with Gasteiger partial charge in [0.2, 0.25) is 0 Å². The molecule has 1 aromatic rings. The standard InChI is InChI=1S/C27H47Br/c1-4-5-6-7-8-9-10-11-12-13-14-15-16-17-18-19-20-27-25(3)24(2)21-22-26(27)23-28/h21-22H,4-20,23H2,1-3H3. The minimum Gasteiger partial charge on any atom is -0.0876 e. The summed E-state index contributed by atoms with van der Waals surface area (Å²) in [5.74, 6) is 0. The van der Waals surface area contributed by atoms with Crippen LogP contribution in [0.5, 0.6) is 0 Å². The molecule has 0 aromatic heterocycles. The lowest BCUT2D eigenvalue weighted by molar-refractivity contribution is 0.529. The van der Waals surface area contributed by atoms with Crippen molar-refractivity contribution in [1.82, 2.24) is 0 Å². The molecule has 0 N–H and O–H groups in total. The molecule has 0 nitrogen and oxygen atoms in total. The zero-order valence-corrected chi connectivity index (χ0v) is 20.8. The maximum Gasteiger partial charge on any atom is 0.0285 e. The van der Waals surface area contributed by atoms with Crippen LogP contribution in [-0.2, 0) is 11.8 Å². The van der Waals surface area contributed by atoms with E-state index in [1.807, 2.05) is 0 Å². The van der Waals surface area contributed by atoms with Crippen molar-refractivity contribution in [3.63, 3.8) is 0 Å². The third-order valence-corrected chi connectivity index (χ3v) is 6.99. The highest BCUT2D eigenvalue weighted by atomic mass is 79.9. The van der Waals surface area contributed by atoms with Crippen molar-refractivity contribution in [3.8, 4) is 0 Å². The molecule has 0 amide bonds. The largest absolute Gasteiger partial charge is 0.0876 e. The molecule has 1 heteroatoms. The van der Waals surface area contributed by atoms with Crippen LogP contribution in [0.25, 0.3) is 0 Å². The molecule has 0 saturated carbocycles. The van der Waals surface area contributed by atoms with Gasteiger partial charge in [0.15, 0.2) is 0 Å². The Morgan fingerprint density at radius 1 is 0.607 bits per heavy atom. The number of halogens is 1. The Morgan fingerprint density at radius 2 is 1.04 bits per heavy atom. The van der Waals surface area contributed by atoms with E-state index in [-0.39, 0.29) is 0 Å². The fourth-order valence-corrected chi connectivity index (χ4v) is 4.78. The fourth-order valence-electron chi connectivity index (χ4n) is 4.25. The highest BCUT2D eigenvalue weighted by Crippen LogP contribution is 2.23. The van der Waals surface area contributed by atoms with E-state index in [1.165, 1.54) is 126 Å². The van der Waals surface area contributed by atoms with E-state index in [4.69, 9.17) is 0 Å². The second-order valence-electron chi connectivity index (χ2n) is 8.83. The van der Waals surface area contributed by atoms with Crippen molar-refractivity contribution < 1.29 is 0 Å². The van der Waals surface area contributed by atoms with Gasteiger partial charge in [0.25, 0.3) is 0 Å². The van der Waals surface area contributed by atoms with Gasteiger partial charge in [-0.15, -0.1) is 0 Å². The summed E-state index contributed by atoms with van der Waals surface area (Å²) in [6.45, 7) is 6.83. The van der Waals surface area contributed by atoms with Crippen LogP contribution in [0.1, 0.15) is 132 Å². The molecule has 0 aliphatic heterocycles. The van der Waals surface area contributed by atoms with Gasteiger partial charge in [-0.25, -0.2) is 0 Å². The molecule has 0 aliphatic rings. The maximum atomic E-state index is 3.66. The van der Waals surface area contributed by atoms with E-state index < -0.39 is 0 Å². The van der Waals surface area contributed by atoms with Crippen molar-refractivity contribution in [2.75, 3.05) is 0 Å². The SMILES string of the molecule is CCCCCCCCCCCCCCCCCCc1c(CBr)ccc(C)c1C. The van der Waals surface area contributed by atoms with Crippen LogP contribution in [0.4, 0.5) is 0 Å². The fraction of sp³-hybridized carbons (Fsp3) is 0.778. The average Bonchev–Trinajstić information content (AvgIpc) is 2.70. The highest BCUT2D eigenvalue weighted by molar-refractivity contribution is 9.08. The van der Waals surface area contributed by atoms with Crippen LogP contribution in [0.3, 0.4) is 0 Å². The molecule has 0 unspecified atom stereocenters. The van der Waals surface area contributed by atoms with Gasteiger partial charge in [-0.05, 0) is 48.9 Å². The molecule has 0 fully saturated rings. The molecule has 0 atom stereocenters. The van der Waals surface area contributed by atoms with E-state index in [9.17, 15) is 0 Å². The smallest absolute Gasteiger partial charge is 0.0285 e. The van der Waals surface area contributed by atoms with Gasteiger partial charge in [-0.3, -0.25) is 0 Å². The van der Waals surface area contributed by atoms with Crippen LogP contribution < -0.4 is 0 Å². The number of alkyl halides is 1. The Morgan fingerprint density at radius 3 is 1.46 bits per heavy atom. The van der Waals surface area contributed by atoms with Crippen LogP contribution in [-0.4, -0.2) is 0 Å². The van der Waals surface area contributed by atoms with Gasteiger partial charge in [0, 0.05) is 5.33 Å². The van der Waals surface area contributed by atoms with E-state index in [1.54, 1.807) is 5.56 Å². The predicted octanol–water partition coefficient (Wildman–Crippen LogP) is 10.0. The molecule has 0 heterocycles. The van der Waals surface area contributed by atoms with Crippen molar-refractivity contribution in [3.05, 3.63) is 34.4 Å². The number of hydrogen-bond acceptors (Lipinski definition) is 0. The van der Waals surface area contributed by atoms with E-state index in [0.717, 1.165) is 5.33 Å². The number of benzene rings is 1. The molecule has 0 radical (unpaired) electrons. The first-order chi connectivity index (χ1) is 13.7. The molecule has 0 spiro atoms. The summed E-state index contributed by atoms with van der Waals surface area (Å²) in [6, 6.07) is 4.57. The summed E-state index contributed by atoms with van der Waals surface area (Å²) in [6.07, 6.45) is 24.3. The molecule has 0 aliphatic carbocycles. The van der Waals surface area contributed by atoms with Crippen molar-refractivity contribution in [1.29, 1.82) is 0 Å². The first-order valence-electron chi connectivity index (χ1n) is 12.3. The lowest BCUT2D eigenvalue weighted by Gasteiger charge is -2.13. The summed E-state index contributed by atoms with van der Waals surface area (Å²) in [5.41, 5.74) is 6.04. The van der Waals surface area contributed by atoms with Gasteiger partial charge in [-0.1, -0.05) is 131 Å². The number of rotatable bonds is 18. The molecule has 0 bridgehead atoms. The first-order valence-corrected chi connectivity index (χ1v) is 13.5. The number of unbranched alkanes of at least 4 members (excludes halogenated alkanes) is 15. The van der Waals surface area contributed by atoms with Gasteiger partial charge >= 0.3 is 0 Å². The molecular weight excluding hydrogens is 404 g/mol. The van der Waals surface area contributed by atoms with Crippen LogP contribution in [0.15, 0.2) is 12.1 Å². The Balaban J connectivity index is 1.92. The van der Waals surface area contributed by atoms with Gasteiger partial charge in [0.05, 0.1) is 0 Å². The normalized spacial score (nSPS) is 11.3. The first kappa shape index (κ1) is 25.7.